The topological polar surface area (TPSA) is 94.7 Å². The van der Waals surface area contributed by atoms with Gasteiger partial charge in [-0.1, -0.05) is 0 Å². The van der Waals surface area contributed by atoms with Gasteiger partial charge in [-0.15, -0.1) is 11.6 Å². The third-order valence-corrected chi connectivity index (χ3v) is 8.05. The molecule has 2 fully saturated rings. The van der Waals surface area contributed by atoms with E-state index in [-0.39, 0.29) is 13.2 Å². The fourth-order valence-electron chi connectivity index (χ4n) is 2.49. The normalized spacial score (nSPS) is 26.6. The summed E-state index contributed by atoms with van der Waals surface area (Å²) in [5.41, 5.74) is 0. The molecule has 2 saturated heterocycles. The van der Waals surface area contributed by atoms with Crippen molar-refractivity contribution in [3.63, 3.8) is 0 Å². The van der Waals surface area contributed by atoms with E-state index in [9.17, 15) is 14.2 Å². The molecule has 1 N–H and O–H groups in total. The van der Waals surface area contributed by atoms with Crippen LogP contribution in [0, 0.1) is 0 Å². The predicted octanol–water partition coefficient (Wildman–Crippen LogP) is 1.94. The molecule has 0 saturated carbocycles. The van der Waals surface area contributed by atoms with Crippen LogP contribution in [-0.2, 0) is 13.6 Å². The van der Waals surface area contributed by atoms with Gasteiger partial charge in [0.05, 0.1) is 13.2 Å². The summed E-state index contributed by atoms with van der Waals surface area (Å²) in [6.45, 7) is 1.99. The molecule has 10 nitrogen and oxygen atoms in total. The van der Waals surface area contributed by atoms with Gasteiger partial charge in [0.2, 0.25) is 0 Å². The SMILES string of the molecule is CN1C(=O)N(C)P(OCCNP2(=O)OCCCN2CCCl)N(C)C1=O. The largest absolute Gasteiger partial charge is 0.343 e. The van der Waals surface area contributed by atoms with Crippen molar-refractivity contribution in [2.45, 2.75) is 6.42 Å². The zero-order valence-electron chi connectivity index (χ0n) is 14.6. The van der Waals surface area contributed by atoms with E-state index in [1.807, 2.05) is 0 Å². The monoisotopic (exact) mass is 415 g/mol. The van der Waals surface area contributed by atoms with Gasteiger partial charge in [0.15, 0.2) is 0 Å². The molecular formula is C12H24ClN5O5P2. The molecule has 2 rings (SSSR count). The van der Waals surface area contributed by atoms with Gasteiger partial charge < -0.3 is 9.05 Å². The van der Waals surface area contributed by atoms with Crippen LogP contribution < -0.4 is 5.09 Å². The lowest BCUT2D eigenvalue weighted by Crippen LogP contribution is -2.52. The van der Waals surface area contributed by atoms with Gasteiger partial charge in [0.1, 0.15) is 0 Å². The molecule has 2 heterocycles. The van der Waals surface area contributed by atoms with Crippen LogP contribution in [-0.4, -0.2) is 90.8 Å². The van der Waals surface area contributed by atoms with Crippen molar-refractivity contribution >= 4 is 39.8 Å². The van der Waals surface area contributed by atoms with Crippen molar-refractivity contribution in [2.75, 3.05) is 59.9 Å². The standard InChI is InChI=1S/C12H24ClN5O5P2/c1-15-11(19)16(2)24(17(3)12(15)20)22-10-6-14-25(21)18(8-5-13)7-4-9-23-25/h4-10H2,1-3H3,(H,14,21). The summed E-state index contributed by atoms with van der Waals surface area (Å²) in [7, 11) is -0.0823. The Morgan fingerprint density at radius 3 is 2.52 bits per heavy atom. The lowest BCUT2D eigenvalue weighted by Gasteiger charge is -2.41. The number of alkyl halides is 1. The molecule has 0 aromatic heterocycles. The number of hydrogen-bond acceptors (Lipinski definition) is 5. The van der Waals surface area contributed by atoms with Gasteiger partial charge in [0.25, 0.3) is 8.45 Å². The summed E-state index contributed by atoms with van der Waals surface area (Å²) in [5, 5.41) is 2.90. The average Bonchev–Trinajstić information content (AvgIpc) is 2.60. The van der Waals surface area contributed by atoms with E-state index in [0.29, 0.717) is 25.6 Å². The highest BCUT2D eigenvalue weighted by molar-refractivity contribution is 7.54. The number of imide groups is 1. The highest BCUT2D eigenvalue weighted by Gasteiger charge is 2.40. The first-order chi connectivity index (χ1) is 11.8. The van der Waals surface area contributed by atoms with Crippen LogP contribution in [0.4, 0.5) is 9.59 Å². The number of amides is 4. The Balaban J connectivity index is 1.86. The summed E-state index contributed by atoms with van der Waals surface area (Å²) in [6, 6.07) is -0.835. The van der Waals surface area contributed by atoms with Crippen molar-refractivity contribution in [3.8, 4) is 0 Å². The second kappa shape index (κ2) is 8.95. The molecule has 0 radical (unpaired) electrons. The van der Waals surface area contributed by atoms with Gasteiger partial charge in [-0.05, 0) is 6.42 Å². The number of halogens is 1. The molecule has 1 unspecified atom stereocenters. The summed E-state index contributed by atoms with van der Waals surface area (Å²) >= 11 is 5.75. The molecule has 0 aromatic carbocycles. The number of rotatable bonds is 7. The molecule has 13 heteroatoms. The van der Waals surface area contributed by atoms with E-state index in [1.165, 1.54) is 16.4 Å². The third-order valence-electron chi connectivity index (χ3n) is 3.80. The van der Waals surface area contributed by atoms with Crippen LogP contribution in [0.5, 0.6) is 0 Å². The lowest BCUT2D eigenvalue weighted by atomic mass is 10.4. The molecule has 0 spiro atoms. The number of hydrogen-bond donors (Lipinski definition) is 1. The molecule has 2 aliphatic rings. The maximum atomic E-state index is 12.8. The second-order valence-corrected chi connectivity index (χ2v) is 10.0. The Bertz CT molecular complexity index is 532. The maximum absolute atomic E-state index is 12.8. The van der Waals surface area contributed by atoms with Crippen molar-refractivity contribution in [1.29, 1.82) is 0 Å². The van der Waals surface area contributed by atoms with Crippen LogP contribution in [0.15, 0.2) is 0 Å². The molecule has 0 aromatic rings. The van der Waals surface area contributed by atoms with Crippen molar-refractivity contribution in [1.82, 2.24) is 24.0 Å². The number of nitrogens with one attached hydrogen (secondary N) is 1. The predicted molar refractivity (Wildman–Crippen MR) is 95.4 cm³/mol. The third kappa shape index (κ3) is 4.63. The van der Waals surface area contributed by atoms with E-state index in [2.05, 4.69) is 5.09 Å². The Labute approximate surface area is 153 Å². The number of nitrogens with zero attached hydrogens (tertiary/aromatic N) is 4. The molecule has 0 aliphatic carbocycles. The summed E-state index contributed by atoms with van der Waals surface area (Å²) in [5.74, 6) is 0.365. The maximum Gasteiger partial charge on any atom is 0.343 e. The van der Waals surface area contributed by atoms with Gasteiger partial charge in [-0.3, -0.25) is 13.9 Å². The van der Waals surface area contributed by atoms with Gasteiger partial charge in [-0.25, -0.2) is 24.2 Å². The average molecular weight is 416 g/mol. The van der Waals surface area contributed by atoms with E-state index in [4.69, 9.17) is 20.6 Å². The minimum atomic E-state index is -3.12. The molecular weight excluding hydrogens is 392 g/mol. The Morgan fingerprint density at radius 2 is 1.92 bits per heavy atom. The van der Waals surface area contributed by atoms with E-state index < -0.39 is 28.2 Å². The van der Waals surface area contributed by atoms with E-state index >= 15 is 0 Å². The van der Waals surface area contributed by atoms with Crippen LogP contribution in [0.3, 0.4) is 0 Å². The first-order valence-corrected chi connectivity index (χ1v) is 11.1. The molecule has 144 valence electrons. The fourth-order valence-corrected chi connectivity index (χ4v) is 6.35. The molecule has 25 heavy (non-hydrogen) atoms. The Morgan fingerprint density at radius 1 is 1.28 bits per heavy atom. The van der Waals surface area contributed by atoms with Gasteiger partial charge >= 0.3 is 19.7 Å². The van der Waals surface area contributed by atoms with Crippen molar-refractivity contribution in [2.24, 2.45) is 0 Å². The van der Waals surface area contributed by atoms with E-state index in [0.717, 1.165) is 11.3 Å². The zero-order chi connectivity index (χ0) is 18.6. The van der Waals surface area contributed by atoms with Crippen molar-refractivity contribution < 1.29 is 23.2 Å². The number of carbonyl (C=O) groups excluding carboxylic acids is 2. The van der Waals surface area contributed by atoms with Crippen LogP contribution in [0.1, 0.15) is 6.42 Å². The highest BCUT2D eigenvalue weighted by atomic mass is 35.5. The van der Waals surface area contributed by atoms with Crippen LogP contribution >= 0.6 is 27.7 Å². The molecule has 2 aliphatic heterocycles. The first-order valence-electron chi connectivity index (χ1n) is 7.85. The minimum absolute atomic E-state index is 0.173. The Hall–Kier alpha value is -0.470. The highest BCUT2D eigenvalue weighted by Crippen LogP contribution is 2.50. The Kier molecular flexibility index (Phi) is 7.46. The number of carbonyl (C=O) groups is 2. The van der Waals surface area contributed by atoms with Crippen LogP contribution in [0.2, 0.25) is 0 Å². The summed E-state index contributed by atoms with van der Waals surface area (Å²) in [6.07, 6.45) is 0.803. The lowest BCUT2D eigenvalue weighted by molar-refractivity contribution is 0.157. The van der Waals surface area contributed by atoms with Crippen molar-refractivity contribution in [3.05, 3.63) is 0 Å². The minimum Gasteiger partial charge on any atom is -0.321 e. The molecule has 0 bridgehead atoms. The first kappa shape index (κ1) is 20.8. The number of urea groups is 2. The second-order valence-electron chi connectivity index (χ2n) is 5.52. The fraction of sp³-hybridized carbons (Fsp3) is 0.833. The molecule has 1 atom stereocenters. The summed E-state index contributed by atoms with van der Waals surface area (Å²) in [4.78, 5) is 25.0. The summed E-state index contributed by atoms with van der Waals surface area (Å²) < 4.78 is 28.4. The zero-order valence-corrected chi connectivity index (χ0v) is 17.1. The van der Waals surface area contributed by atoms with Gasteiger partial charge in [0, 0.05) is 46.7 Å². The quantitative estimate of drug-likeness (QED) is 0.386. The van der Waals surface area contributed by atoms with E-state index in [1.54, 1.807) is 18.8 Å². The van der Waals surface area contributed by atoms with Gasteiger partial charge in [-0.2, -0.15) is 0 Å². The molecule has 4 amide bonds. The van der Waals surface area contributed by atoms with Crippen LogP contribution in [0.25, 0.3) is 0 Å². The smallest absolute Gasteiger partial charge is 0.321 e.